The number of benzene rings is 1. The molecular formula is C23H30O7. The van der Waals surface area contributed by atoms with E-state index in [-0.39, 0.29) is 17.4 Å². The molecule has 0 aromatic heterocycles. The second kappa shape index (κ2) is 7.28. The molecule has 1 aliphatic carbocycles. The number of ether oxygens (including phenoxy) is 3. The number of aromatic carboxylic acids is 1. The van der Waals surface area contributed by atoms with E-state index in [4.69, 9.17) is 29.1 Å². The summed E-state index contributed by atoms with van der Waals surface area (Å²) in [6.07, 6.45) is 3.01. The summed E-state index contributed by atoms with van der Waals surface area (Å²) < 4.78 is 18.9. The summed E-state index contributed by atoms with van der Waals surface area (Å²) in [4.78, 5) is 23.0. The maximum Gasteiger partial charge on any atom is 0.335 e. The van der Waals surface area contributed by atoms with E-state index in [1.165, 1.54) is 0 Å². The number of carboxylic acids is 1. The van der Waals surface area contributed by atoms with Crippen LogP contribution in [0.2, 0.25) is 0 Å². The lowest BCUT2D eigenvalue weighted by Gasteiger charge is -2.60. The normalized spacial score (nSPS) is 44.9. The van der Waals surface area contributed by atoms with Crippen molar-refractivity contribution in [3.63, 3.8) is 0 Å². The predicted molar refractivity (Wildman–Crippen MR) is 105 cm³/mol. The molecule has 1 aromatic carbocycles. The van der Waals surface area contributed by atoms with Crippen LogP contribution in [0.15, 0.2) is 24.3 Å². The monoisotopic (exact) mass is 418 g/mol. The van der Waals surface area contributed by atoms with Crippen LogP contribution in [-0.4, -0.2) is 35.0 Å². The third-order valence-corrected chi connectivity index (χ3v) is 7.71. The summed E-state index contributed by atoms with van der Waals surface area (Å²) >= 11 is 0. The topological polar surface area (TPSA) is 83.5 Å². The van der Waals surface area contributed by atoms with Gasteiger partial charge in [-0.3, -0.25) is 0 Å². The molecule has 4 saturated heterocycles. The molecule has 30 heavy (non-hydrogen) atoms. The first-order chi connectivity index (χ1) is 14.3. The van der Waals surface area contributed by atoms with Crippen LogP contribution in [0.3, 0.4) is 0 Å². The molecule has 3 unspecified atom stereocenters. The van der Waals surface area contributed by atoms with Gasteiger partial charge < -0.3 is 19.3 Å². The molecule has 0 amide bonds. The first kappa shape index (κ1) is 20.4. The molecule has 1 N–H and O–H groups in total. The van der Waals surface area contributed by atoms with E-state index in [1.54, 1.807) is 24.3 Å². The van der Waals surface area contributed by atoms with E-state index in [9.17, 15) is 4.79 Å². The quantitative estimate of drug-likeness (QED) is 0.737. The van der Waals surface area contributed by atoms with E-state index in [2.05, 4.69) is 13.8 Å². The van der Waals surface area contributed by atoms with Crippen molar-refractivity contribution in [2.75, 3.05) is 0 Å². The molecule has 4 aliphatic heterocycles. The largest absolute Gasteiger partial charge is 0.478 e. The Kier molecular flexibility index (Phi) is 4.95. The Morgan fingerprint density at radius 1 is 1.13 bits per heavy atom. The molecule has 0 radical (unpaired) electrons. The standard InChI is InChI=1S/C23H30O7/c1-13-4-9-18-14(2)20(26-12-15-5-7-16(8-6-15)19(24)25)27-21-23(18)17(13)10-11-22(3,28-21)29-30-23/h5-8,13-14,17-18,20-21H,4,9-12H2,1-3H3,(H,24,25)/t13-,14-,17?,18+,20?,21-,22?,23-/m1/s1. The van der Waals surface area contributed by atoms with E-state index in [1.807, 2.05) is 6.92 Å². The van der Waals surface area contributed by atoms with Gasteiger partial charge in [-0.15, -0.1) is 0 Å². The zero-order valence-corrected chi connectivity index (χ0v) is 17.7. The van der Waals surface area contributed by atoms with Crippen molar-refractivity contribution in [3.05, 3.63) is 35.4 Å². The van der Waals surface area contributed by atoms with Gasteiger partial charge in [-0.05, 0) is 55.7 Å². The molecule has 5 fully saturated rings. The molecule has 8 atom stereocenters. The number of carboxylic acid groups (broad SMARTS) is 1. The Labute approximate surface area is 176 Å². The minimum Gasteiger partial charge on any atom is -0.478 e. The molecule has 5 aliphatic rings. The molecule has 1 aromatic rings. The van der Waals surface area contributed by atoms with Gasteiger partial charge in [0.05, 0.1) is 12.2 Å². The first-order valence-electron chi connectivity index (χ1n) is 11.0. The van der Waals surface area contributed by atoms with Gasteiger partial charge in [-0.2, -0.15) is 0 Å². The van der Waals surface area contributed by atoms with Crippen LogP contribution in [-0.2, 0) is 30.6 Å². The third-order valence-electron chi connectivity index (χ3n) is 7.71. The van der Waals surface area contributed by atoms with Crippen LogP contribution in [0.1, 0.15) is 62.4 Å². The lowest BCUT2D eigenvalue weighted by Crippen LogP contribution is -2.70. The van der Waals surface area contributed by atoms with E-state index in [0.29, 0.717) is 18.4 Å². The van der Waals surface area contributed by atoms with Gasteiger partial charge in [0.15, 0.2) is 18.2 Å². The molecule has 164 valence electrons. The number of fused-ring (bicyclic) bond motifs is 2. The van der Waals surface area contributed by atoms with Crippen LogP contribution in [0, 0.1) is 23.7 Å². The van der Waals surface area contributed by atoms with Gasteiger partial charge in [0.2, 0.25) is 5.79 Å². The highest BCUT2D eigenvalue weighted by Gasteiger charge is 2.69. The SMILES string of the molecule is C[C@@H]1CC[C@H]2[C@@H](C)C(OCc3ccc(C(=O)O)cc3)O[C@@H]3OC4(C)CCC1[C@]32OO4. The molecule has 4 heterocycles. The number of hydrogen-bond donors (Lipinski definition) is 1. The van der Waals surface area contributed by atoms with Gasteiger partial charge in [0.25, 0.3) is 0 Å². The molecule has 6 rings (SSSR count). The Bertz CT molecular complexity index is 810. The van der Waals surface area contributed by atoms with Crippen molar-refractivity contribution in [1.29, 1.82) is 0 Å². The minimum absolute atomic E-state index is 0.115. The Morgan fingerprint density at radius 3 is 2.63 bits per heavy atom. The predicted octanol–water partition coefficient (Wildman–Crippen LogP) is 4.11. The summed E-state index contributed by atoms with van der Waals surface area (Å²) in [5.74, 6) is -0.539. The first-order valence-corrected chi connectivity index (χ1v) is 11.0. The van der Waals surface area contributed by atoms with Crippen molar-refractivity contribution in [2.45, 2.75) is 77.0 Å². The lowest BCUT2D eigenvalue weighted by atomic mass is 9.58. The molecular weight excluding hydrogens is 388 g/mol. The highest BCUT2D eigenvalue weighted by atomic mass is 17.3. The van der Waals surface area contributed by atoms with Crippen LogP contribution in [0.25, 0.3) is 0 Å². The molecule has 1 saturated carbocycles. The van der Waals surface area contributed by atoms with E-state index in [0.717, 1.165) is 31.2 Å². The van der Waals surface area contributed by atoms with Crippen LogP contribution in [0.5, 0.6) is 0 Å². The van der Waals surface area contributed by atoms with Gasteiger partial charge in [-0.1, -0.05) is 26.0 Å². The fraction of sp³-hybridized carbons (Fsp3) is 0.696. The molecule has 1 spiro atoms. The van der Waals surface area contributed by atoms with Crippen LogP contribution in [0.4, 0.5) is 0 Å². The molecule has 7 heteroatoms. The zero-order valence-electron chi connectivity index (χ0n) is 17.7. The number of carbonyl (C=O) groups is 1. The summed E-state index contributed by atoms with van der Waals surface area (Å²) in [5, 5.41) is 9.06. The van der Waals surface area contributed by atoms with Crippen LogP contribution >= 0.6 is 0 Å². The van der Waals surface area contributed by atoms with Crippen LogP contribution < -0.4 is 0 Å². The average Bonchev–Trinajstić information content (AvgIpc) is 2.96. The summed E-state index contributed by atoms with van der Waals surface area (Å²) in [7, 11) is 0. The maximum absolute atomic E-state index is 11.0. The van der Waals surface area contributed by atoms with Gasteiger partial charge in [-0.25, -0.2) is 14.6 Å². The highest BCUT2D eigenvalue weighted by molar-refractivity contribution is 5.87. The average molecular weight is 418 g/mol. The smallest absolute Gasteiger partial charge is 0.335 e. The summed E-state index contributed by atoms with van der Waals surface area (Å²) in [5.41, 5.74) is 0.579. The van der Waals surface area contributed by atoms with Gasteiger partial charge in [0, 0.05) is 18.3 Å². The third kappa shape index (κ3) is 3.10. The van der Waals surface area contributed by atoms with E-state index < -0.39 is 29.9 Å². The Hall–Kier alpha value is -1.51. The van der Waals surface area contributed by atoms with Crippen molar-refractivity contribution in [2.24, 2.45) is 23.7 Å². The fourth-order valence-corrected chi connectivity index (χ4v) is 5.98. The summed E-state index contributed by atoms with van der Waals surface area (Å²) in [6.45, 7) is 6.71. The van der Waals surface area contributed by atoms with Gasteiger partial charge in [0.1, 0.15) is 0 Å². The Morgan fingerprint density at radius 2 is 1.90 bits per heavy atom. The van der Waals surface area contributed by atoms with Crippen molar-refractivity contribution < 1.29 is 33.9 Å². The Balaban J connectivity index is 1.37. The summed E-state index contributed by atoms with van der Waals surface area (Å²) in [6, 6.07) is 6.74. The van der Waals surface area contributed by atoms with E-state index >= 15 is 0 Å². The maximum atomic E-state index is 11.0. The fourth-order valence-electron chi connectivity index (χ4n) is 5.98. The van der Waals surface area contributed by atoms with Crippen molar-refractivity contribution in [1.82, 2.24) is 0 Å². The molecule has 2 bridgehead atoms. The molecule has 7 nitrogen and oxygen atoms in total. The lowest BCUT2D eigenvalue weighted by molar-refractivity contribution is -0.577. The van der Waals surface area contributed by atoms with Crippen molar-refractivity contribution in [3.8, 4) is 0 Å². The van der Waals surface area contributed by atoms with Crippen molar-refractivity contribution >= 4 is 5.97 Å². The highest BCUT2D eigenvalue weighted by Crippen LogP contribution is 2.60. The minimum atomic E-state index is -0.936. The second-order valence-electron chi connectivity index (χ2n) is 9.59. The second-order valence-corrected chi connectivity index (χ2v) is 9.59. The number of rotatable bonds is 4. The number of hydrogen-bond acceptors (Lipinski definition) is 6. The zero-order chi connectivity index (χ0) is 21.1. The van der Waals surface area contributed by atoms with Gasteiger partial charge >= 0.3 is 5.97 Å².